The van der Waals surface area contributed by atoms with Crippen molar-refractivity contribution in [1.82, 2.24) is 4.90 Å². The standard InChI is InChI=1S/C24H22F2N4O4S/c1-29(13-3-12-27)21(31)15-35-24-28-20(14-16-4-8-18(33-2)9-5-16)22(32)30(24)17-6-10-19(11-7-17)34-23(25)26/h4-11,14,23H,3,13,15H2,1-2H3. The number of rotatable bonds is 9. The molecule has 2 aromatic carbocycles. The molecule has 0 unspecified atom stereocenters. The maximum atomic E-state index is 13.2. The van der Waals surface area contributed by atoms with Gasteiger partial charge in [0, 0.05) is 13.6 Å². The minimum atomic E-state index is -2.97. The molecule has 2 amide bonds. The Morgan fingerprint density at radius 3 is 2.46 bits per heavy atom. The lowest BCUT2D eigenvalue weighted by Crippen LogP contribution is -2.33. The summed E-state index contributed by atoms with van der Waals surface area (Å²) in [4.78, 5) is 32.9. The van der Waals surface area contributed by atoms with E-state index in [1.54, 1.807) is 44.5 Å². The summed E-state index contributed by atoms with van der Waals surface area (Å²) >= 11 is 1.06. The van der Waals surface area contributed by atoms with Crippen LogP contribution in [-0.4, -0.2) is 54.9 Å². The summed E-state index contributed by atoms with van der Waals surface area (Å²) < 4.78 is 34.5. The lowest BCUT2D eigenvalue weighted by Gasteiger charge is -2.19. The Morgan fingerprint density at radius 1 is 1.20 bits per heavy atom. The van der Waals surface area contributed by atoms with Crippen molar-refractivity contribution >= 4 is 40.5 Å². The molecule has 0 radical (unpaired) electrons. The molecule has 0 atom stereocenters. The van der Waals surface area contributed by atoms with E-state index >= 15 is 0 Å². The second kappa shape index (κ2) is 12.0. The van der Waals surface area contributed by atoms with E-state index in [2.05, 4.69) is 9.73 Å². The van der Waals surface area contributed by atoms with E-state index in [0.717, 1.165) is 17.3 Å². The van der Waals surface area contributed by atoms with Crippen molar-refractivity contribution < 1.29 is 27.8 Å². The monoisotopic (exact) mass is 500 g/mol. The first-order chi connectivity index (χ1) is 16.8. The number of amides is 2. The smallest absolute Gasteiger partial charge is 0.387 e. The largest absolute Gasteiger partial charge is 0.497 e. The molecular weight excluding hydrogens is 478 g/mol. The van der Waals surface area contributed by atoms with Gasteiger partial charge in [-0.2, -0.15) is 14.0 Å². The summed E-state index contributed by atoms with van der Waals surface area (Å²) in [5, 5.41) is 8.98. The lowest BCUT2D eigenvalue weighted by molar-refractivity contribution is -0.127. The molecule has 0 aliphatic carbocycles. The van der Waals surface area contributed by atoms with Gasteiger partial charge in [0.1, 0.15) is 17.2 Å². The Hall–Kier alpha value is -3.91. The summed E-state index contributed by atoms with van der Waals surface area (Å²) in [5.74, 6) is -0.0570. The number of alkyl halides is 2. The third-order valence-electron chi connectivity index (χ3n) is 4.88. The van der Waals surface area contributed by atoms with Crippen LogP contribution in [0.15, 0.2) is 59.2 Å². The zero-order valence-electron chi connectivity index (χ0n) is 19.0. The highest BCUT2D eigenvalue weighted by Crippen LogP contribution is 2.31. The van der Waals surface area contributed by atoms with Gasteiger partial charge < -0.3 is 14.4 Å². The van der Waals surface area contributed by atoms with Gasteiger partial charge in [-0.25, -0.2) is 4.99 Å². The zero-order valence-corrected chi connectivity index (χ0v) is 19.8. The molecule has 2 aromatic rings. The van der Waals surface area contributed by atoms with Gasteiger partial charge in [-0.3, -0.25) is 14.5 Å². The van der Waals surface area contributed by atoms with Crippen molar-refractivity contribution in [2.24, 2.45) is 4.99 Å². The van der Waals surface area contributed by atoms with Crippen LogP contribution in [0.2, 0.25) is 0 Å². The van der Waals surface area contributed by atoms with Crippen LogP contribution in [0, 0.1) is 11.3 Å². The number of carbonyl (C=O) groups is 2. The van der Waals surface area contributed by atoms with Gasteiger partial charge in [0.2, 0.25) is 5.91 Å². The number of anilines is 1. The molecule has 0 fully saturated rings. The second-order valence-electron chi connectivity index (χ2n) is 7.22. The molecule has 0 spiro atoms. The first kappa shape index (κ1) is 25.7. The van der Waals surface area contributed by atoms with Gasteiger partial charge in [-0.15, -0.1) is 0 Å². The minimum Gasteiger partial charge on any atom is -0.497 e. The molecule has 0 saturated heterocycles. The average molecular weight is 501 g/mol. The number of carbonyl (C=O) groups excluding carboxylic acids is 2. The number of halogens is 2. The van der Waals surface area contributed by atoms with Gasteiger partial charge in [-0.1, -0.05) is 23.9 Å². The number of ether oxygens (including phenoxy) is 2. The fourth-order valence-electron chi connectivity index (χ4n) is 3.03. The number of benzene rings is 2. The van der Waals surface area contributed by atoms with Crippen LogP contribution < -0.4 is 14.4 Å². The van der Waals surface area contributed by atoms with Crippen molar-refractivity contribution in [2.75, 3.05) is 31.4 Å². The molecule has 0 aromatic heterocycles. The normalized spacial score (nSPS) is 14.2. The fourth-order valence-corrected chi connectivity index (χ4v) is 3.99. The predicted molar refractivity (Wildman–Crippen MR) is 129 cm³/mol. The van der Waals surface area contributed by atoms with Crippen LogP contribution in [-0.2, 0) is 9.59 Å². The number of amidine groups is 1. The van der Waals surface area contributed by atoms with E-state index in [9.17, 15) is 18.4 Å². The van der Waals surface area contributed by atoms with E-state index in [1.807, 2.05) is 6.07 Å². The predicted octanol–water partition coefficient (Wildman–Crippen LogP) is 4.15. The number of hydrogen-bond acceptors (Lipinski definition) is 7. The van der Waals surface area contributed by atoms with Gasteiger partial charge in [-0.05, 0) is 48.0 Å². The van der Waals surface area contributed by atoms with Crippen LogP contribution in [0.3, 0.4) is 0 Å². The second-order valence-corrected chi connectivity index (χ2v) is 8.16. The maximum Gasteiger partial charge on any atom is 0.387 e. The molecule has 0 N–H and O–H groups in total. The average Bonchev–Trinajstić information content (AvgIpc) is 3.16. The lowest BCUT2D eigenvalue weighted by atomic mass is 10.2. The van der Waals surface area contributed by atoms with E-state index < -0.39 is 12.5 Å². The molecule has 182 valence electrons. The number of methoxy groups -OCH3 is 1. The molecular formula is C24H22F2N4O4S. The van der Waals surface area contributed by atoms with E-state index in [1.165, 1.54) is 34.1 Å². The molecule has 11 heteroatoms. The van der Waals surface area contributed by atoms with Crippen LogP contribution >= 0.6 is 11.8 Å². The van der Waals surface area contributed by atoms with Crippen LogP contribution in [0.1, 0.15) is 12.0 Å². The molecule has 0 saturated carbocycles. The highest BCUT2D eigenvalue weighted by molar-refractivity contribution is 8.14. The molecule has 1 heterocycles. The van der Waals surface area contributed by atoms with Crippen molar-refractivity contribution in [2.45, 2.75) is 13.0 Å². The van der Waals surface area contributed by atoms with E-state index in [4.69, 9.17) is 10.00 Å². The molecule has 35 heavy (non-hydrogen) atoms. The summed E-state index contributed by atoms with van der Waals surface area (Å²) in [6, 6.07) is 14.6. The topological polar surface area (TPSA) is 95.2 Å². The molecule has 1 aliphatic rings. The number of aliphatic imine (C=N–C) groups is 1. The summed E-state index contributed by atoms with van der Waals surface area (Å²) in [6.45, 7) is -2.68. The summed E-state index contributed by atoms with van der Waals surface area (Å²) in [6.07, 6.45) is 1.82. The Kier molecular flexibility index (Phi) is 8.80. The SMILES string of the molecule is COc1ccc(C=C2N=C(SCC(=O)N(C)CCC#N)N(c3ccc(OC(F)F)cc3)C2=O)cc1. The van der Waals surface area contributed by atoms with Crippen molar-refractivity contribution in [3.63, 3.8) is 0 Å². The Labute approximate surface area is 205 Å². The molecule has 0 bridgehead atoms. The Bertz CT molecular complexity index is 1160. The summed E-state index contributed by atoms with van der Waals surface area (Å²) in [5.41, 5.74) is 1.25. The van der Waals surface area contributed by atoms with Gasteiger partial charge in [0.05, 0.1) is 31.0 Å². The first-order valence-corrected chi connectivity index (χ1v) is 11.4. The number of nitrogens with zero attached hydrogens (tertiary/aromatic N) is 4. The maximum absolute atomic E-state index is 13.2. The van der Waals surface area contributed by atoms with Gasteiger partial charge in [0.25, 0.3) is 5.91 Å². The van der Waals surface area contributed by atoms with Crippen LogP contribution in [0.4, 0.5) is 14.5 Å². The number of nitriles is 1. The van der Waals surface area contributed by atoms with Crippen molar-refractivity contribution in [3.8, 4) is 17.6 Å². The third kappa shape index (κ3) is 6.80. The Morgan fingerprint density at radius 2 is 1.86 bits per heavy atom. The van der Waals surface area contributed by atoms with E-state index in [-0.39, 0.29) is 34.7 Å². The third-order valence-corrected chi connectivity index (χ3v) is 5.80. The van der Waals surface area contributed by atoms with Crippen LogP contribution in [0.25, 0.3) is 6.08 Å². The van der Waals surface area contributed by atoms with Crippen molar-refractivity contribution in [3.05, 3.63) is 59.8 Å². The molecule has 8 nitrogen and oxygen atoms in total. The van der Waals surface area contributed by atoms with E-state index in [0.29, 0.717) is 18.0 Å². The zero-order chi connectivity index (χ0) is 25.4. The molecule has 3 rings (SSSR count). The number of hydrogen-bond donors (Lipinski definition) is 0. The Balaban J connectivity index is 1.86. The fraction of sp³-hybridized carbons (Fsp3) is 0.250. The number of thioether (sulfide) groups is 1. The summed E-state index contributed by atoms with van der Waals surface area (Å²) in [7, 11) is 3.15. The van der Waals surface area contributed by atoms with Gasteiger partial charge >= 0.3 is 6.61 Å². The highest BCUT2D eigenvalue weighted by atomic mass is 32.2. The van der Waals surface area contributed by atoms with Crippen molar-refractivity contribution in [1.29, 1.82) is 5.26 Å². The minimum absolute atomic E-state index is 0.00701. The first-order valence-electron chi connectivity index (χ1n) is 10.4. The highest BCUT2D eigenvalue weighted by Gasteiger charge is 2.32. The quantitative estimate of drug-likeness (QED) is 0.480. The van der Waals surface area contributed by atoms with Gasteiger partial charge in [0.15, 0.2) is 5.17 Å². The van der Waals surface area contributed by atoms with Crippen LogP contribution in [0.5, 0.6) is 11.5 Å². The molecule has 1 aliphatic heterocycles.